The van der Waals surface area contributed by atoms with Crippen molar-refractivity contribution in [1.29, 1.82) is 5.26 Å². The molecule has 0 spiro atoms. The summed E-state index contributed by atoms with van der Waals surface area (Å²) in [5, 5.41) is 17.7. The van der Waals surface area contributed by atoms with E-state index >= 15 is 0 Å². The summed E-state index contributed by atoms with van der Waals surface area (Å²) in [4.78, 5) is 11.5. The van der Waals surface area contributed by atoms with Gasteiger partial charge in [-0.1, -0.05) is 34.1 Å². The average Bonchev–Trinajstić information content (AvgIpc) is 2.28. The second kappa shape index (κ2) is 5.78. The Labute approximate surface area is 103 Å². The van der Waals surface area contributed by atoms with Crippen molar-refractivity contribution in [3.05, 3.63) is 34.9 Å². The third-order valence-corrected chi connectivity index (χ3v) is 2.66. The summed E-state index contributed by atoms with van der Waals surface area (Å²) in [6, 6.07) is 7.08. The minimum absolute atomic E-state index is 0.0465. The minimum atomic E-state index is -0.273. The lowest BCUT2D eigenvalue weighted by atomic mass is 9.98. The first kappa shape index (κ1) is 12.9. The van der Waals surface area contributed by atoms with Gasteiger partial charge in [0, 0.05) is 5.56 Å². The molecule has 16 heavy (non-hydrogen) atoms. The van der Waals surface area contributed by atoms with E-state index in [-0.39, 0.29) is 23.6 Å². The van der Waals surface area contributed by atoms with E-state index in [4.69, 9.17) is 10.4 Å². The number of carbonyl (C=O) groups excluding carboxylic acids is 1. The number of Topliss-reactive ketones (excluding diaryl/α,β-unsaturated/α-hetero) is 1. The predicted octanol–water partition coefficient (Wildman–Crippen LogP) is 2.21. The standard InChI is InChI=1S/C12H12BrNO2/c1-8(13)12(16)11-3-2-9(7-15)6-10(11)4-5-14/h2-3,6,8,15H,4,7H2,1H3. The van der Waals surface area contributed by atoms with E-state index in [1.807, 2.05) is 6.07 Å². The molecule has 0 aliphatic carbocycles. The SMILES string of the molecule is CC(Br)C(=O)c1ccc(CO)cc1CC#N. The van der Waals surface area contributed by atoms with Crippen LogP contribution < -0.4 is 0 Å². The van der Waals surface area contributed by atoms with Crippen molar-refractivity contribution in [2.45, 2.75) is 24.8 Å². The zero-order chi connectivity index (χ0) is 12.1. The molecule has 1 rings (SSSR count). The molecule has 1 aromatic carbocycles. The fourth-order valence-corrected chi connectivity index (χ4v) is 1.68. The van der Waals surface area contributed by atoms with Gasteiger partial charge in [-0.15, -0.1) is 0 Å². The maximum atomic E-state index is 11.8. The number of carbonyl (C=O) groups is 1. The normalized spacial score (nSPS) is 11.9. The number of aliphatic hydroxyl groups excluding tert-OH is 1. The fourth-order valence-electron chi connectivity index (χ4n) is 1.43. The molecule has 1 aromatic rings. The Morgan fingerprint density at radius 3 is 2.81 bits per heavy atom. The molecule has 1 N–H and O–H groups in total. The van der Waals surface area contributed by atoms with Crippen LogP contribution in [0.3, 0.4) is 0 Å². The lowest BCUT2D eigenvalue weighted by Crippen LogP contribution is -2.13. The van der Waals surface area contributed by atoms with Gasteiger partial charge in [-0.3, -0.25) is 4.79 Å². The molecule has 4 heteroatoms. The molecule has 0 aliphatic heterocycles. The highest BCUT2D eigenvalue weighted by atomic mass is 79.9. The number of nitriles is 1. The number of halogens is 1. The Morgan fingerprint density at radius 2 is 2.31 bits per heavy atom. The zero-order valence-electron chi connectivity index (χ0n) is 8.90. The third kappa shape index (κ3) is 2.91. The van der Waals surface area contributed by atoms with Gasteiger partial charge in [-0.2, -0.15) is 5.26 Å². The number of alkyl halides is 1. The highest BCUT2D eigenvalue weighted by Gasteiger charge is 2.16. The molecule has 0 heterocycles. The molecule has 84 valence electrons. The van der Waals surface area contributed by atoms with Crippen molar-refractivity contribution in [2.75, 3.05) is 0 Å². The van der Waals surface area contributed by atoms with Crippen LogP contribution in [0.1, 0.15) is 28.4 Å². The maximum absolute atomic E-state index is 11.8. The first-order valence-electron chi connectivity index (χ1n) is 4.88. The average molecular weight is 282 g/mol. The van der Waals surface area contributed by atoms with Gasteiger partial charge in [-0.05, 0) is 18.1 Å². The van der Waals surface area contributed by atoms with E-state index in [0.717, 1.165) is 0 Å². The van der Waals surface area contributed by atoms with Gasteiger partial charge >= 0.3 is 0 Å². The first-order valence-corrected chi connectivity index (χ1v) is 5.79. The third-order valence-electron chi connectivity index (χ3n) is 2.25. The Morgan fingerprint density at radius 1 is 1.62 bits per heavy atom. The molecule has 0 fully saturated rings. The van der Waals surface area contributed by atoms with Crippen molar-refractivity contribution in [3.63, 3.8) is 0 Å². The molecule has 1 atom stereocenters. The highest BCUT2D eigenvalue weighted by Crippen LogP contribution is 2.17. The van der Waals surface area contributed by atoms with Crippen LogP contribution in [0.4, 0.5) is 0 Å². The van der Waals surface area contributed by atoms with E-state index in [9.17, 15) is 4.79 Å². The number of aliphatic hydroxyl groups is 1. The molecule has 0 saturated carbocycles. The summed E-state index contributed by atoms with van der Waals surface area (Å²) in [7, 11) is 0. The number of rotatable bonds is 4. The molecule has 0 radical (unpaired) electrons. The van der Waals surface area contributed by atoms with Gasteiger partial charge < -0.3 is 5.11 Å². The van der Waals surface area contributed by atoms with Crippen LogP contribution in [0.25, 0.3) is 0 Å². The summed E-state index contributed by atoms with van der Waals surface area (Å²) >= 11 is 3.22. The summed E-state index contributed by atoms with van der Waals surface area (Å²) in [5.74, 6) is -0.0465. The van der Waals surface area contributed by atoms with E-state index in [1.165, 1.54) is 0 Å². The lowest BCUT2D eigenvalue weighted by Gasteiger charge is -2.09. The fraction of sp³-hybridized carbons (Fsp3) is 0.333. The summed E-state index contributed by atoms with van der Waals surface area (Å²) in [5.41, 5.74) is 1.93. The number of benzene rings is 1. The zero-order valence-corrected chi connectivity index (χ0v) is 10.5. The molecular weight excluding hydrogens is 270 g/mol. The highest BCUT2D eigenvalue weighted by molar-refractivity contribution is 9.10. The molecule has 1 unspecified atom stereocenters. The predicted molar refractivity (Wildman–Crippen MR) is 64.4 cm³/mol. The summed E-state index contributed by atoms with van der Waals surface area (Å²) in [6.07, 6.45) is 0.175. The van der Waals surface area contributed by atoms with Gasteiger partial charge in [0.25, 0.3) is 0 Å². The second-order valence-corrected chi connectivity index (χ2v) is 4.84. The van der Waals surface area contributed by atoms with Gasteiger partial charge in [0.05, 0.1) is 23.9 Å². The largest absolute Gasteiger partial charge is 0.392 e. The molecule has 0 aromatic heterocycles. The summed E-state index contributed by atoms with van der Waals surface area (Å²) in [6.45, 7) is 1.66. The van der Waals surface area contributed by atoms with Crippen LogP contribution in [0.15, 0.2) is 18.2 Å². The van der Waals surface area contributed by atoms with Crippen LogP contribution in [-0.2, 0) is 13.0 Å². The number of hydrogen-bond donors (Lipinski definition) is 1. The van der Waals surface area contributed by atoms with Crippen molar-refractivity contribution in [1.82, 2.24) is 0 Å². The van der Waals surface area contributed by atoms with Crippen LogP contribution in [0.5, 0.6) is 0 Å². The van der Waals surface area contributed by atoms with Crippen molar-refractivity contribution < 1.29 is 9.90 Å². The topological polar surface area (TPSA) is 61.1 Å². The first-order chi connectivity index (χ1) is 7.60. The second-order valence-electron chi connectivity index (χ2n) is 3.46. The molecule has 0 amide bonds. The van der Waals surface area contributed by atoms with E-state index in [1.54, 1.807) is 25.1 Å². The maximum Gasteiger partial charge on any atom is 0.176 e. The van der Waals surface area contributed by atoms with E-state index < -0.39 is 0 Å². The van der Waals surface area contributed by atoms with Crippen LogP contribution in [-0.4, -0.2) is 15.7 Å². The van der Waals surface area contributed by atoms with Crippen molar-refractivity contribution in [2.24, 2.45) is 0 Å². The summed E-state index contributed by atoms with van der Waals surface area (Å²) < 4.78 is 0. The molecule has 0 aliphatic rings. The van der Waals surface area contributed by atoms with Gasteiger partial charge in [-0.25, -0.2) is 0 Å². The smallest absolute Gasteiger partial charge is 0.176 e. The van der Waals surface area contributed by atoms with Gasteiger partial charge in [0.15, 0.2) is 5.78 Å². The quantitative estimate of drug-likeness (QED) is 0.680. The van der Waals surface area contributed by atoms with Crippen molar-refractivity contribution in [3.8, 4) is 6.07 Å². The molecule has 0 bridgehead atoms. The Kier molecular flexibility index (Phi) is 4.66. The van der Waals surface area contributed by atoms with Crippen molar-refractivity contribution >= 4 is 21.7 Å². The van der Waals surface area contributed by atoms with E-state index in [2.05, 4.69) is 15.9 Å². The van der Waals surface area contributed by atoms with Crippen LogP contribution >= 0.6 is 15.9 Å². The Balaban J connectivity index is 3.18. The molecule has 3 nitrogen and oxygen atoms in total. The Bertz CT molecular complexity index is 435. The molecule has 0 saturated heterocycles. The molecular formula is C12H12BrNO2. The van der Waals surface area contributed by atoms with Crippen LogP contribution in [0, 0.1) is 11.3 Å². The minimum Gasteiger partial charge on any atom is -0.392 e. The number of ketones is 1. The number of nitrogens with zero attached hydrogens (tertiary/aromatic N) is 1. The number of hydrogen-bond acceptors (Lipinski definition) is 3. The van der Waals surface area contributed by atoms with Crippen LogP contribution in [0.2, 0.25) is 0 Å². The van der Waals surface area contributed by atoms with Gasteiger partial charge in [0.2, 0.25) is 0 Å². The van der Waals surface area contributed by atoms with Gasteiger partial charge in [0.1, 0.15) is 0 Å². The lowest BCUT2D eigenvalue weighted by molar-refractivity contribution is 0.0995. The van der Waals surface area contributed by atoms with E-state index in [0.29, 0.717) is 16.7 Å². The monoisotopic (exact) mass is 281 g/mol. The Hall–Kier alpha value is -1.18.